The number of aliphatic hydroxyl groups is 2. The molecule has 0 saturated heterocycles. The zero-order valence-corrected chi connectivity index (χ0v) is 22.2. The van der Waals surface area contributed by atoms with Crippen molar-refractivity contribution in [1.29, 1.82) is 0 Å². The fraction of sp³-hybridized carbons (Fsp3) is 0.654. The van der Waals surface area contributed by atoms with Crippen molar-refractivity contribution in [3.63, 3.8) is 0 Å². The van der Waals surface area contributed by atoms with Crippen molar-refractivity contribution < 1.29 is 24.5 Å². The van der Waals surface area contributed by atoms with Crippen molar-refractivity contribution in [3.05, 3.63) is 33.3 Å². The van der Waals surface area contributed by atoms with Gasteiger partial charge < -0.3 is 20.3 Å². The number of rotatable bonds is 2. The number of esters is 1. The van der Waals surface area contributed by atoms with Crippen LogP contribution in [0.15, 0.2) is 22.6 Å². The van der Waals surface area contributed by atoms with E-state index in [0.29, 0.717) is 13.0 Å². The highest BCUT2D eigenvalue weighted by atomic mass is 32.1. The van der Waals surface area contributed by atoms with Crippen LogP contribution in [0.5, 0.6) is 0 Å². The Labute approximate surface area is 207 Å². The molecule has 1 aromatic heterocycles. The third-order valence-corrected chi connectivity index (χ3v) is 7.52. The van der Waals surface area contributed by atoms with Gasteiger partial charge in [-0.05, 0) is 52.3 Å². The van der Waals surface area contributed by atoms with Crippen molar-refractivity contribution in [2.24, 2.45) is 11.3 Å². The molecule has 0 aromatic carbocycles. The van der Waals surface area contributed by atoms with Crippen LogP contribution in [-0.4, -0.2) is 57.8 Å². The molecule has 34 heavy (non-hydrogen) atoms. The SMILES string of the molecule is C/C1=C/CC(/C(C)=C/c2csc(C)n2)OC(=O)C[C@H](O)C(C)(C)C(=O)[C@H](C)[C@H](O)[C@H](C)NCC1. The second-order valence-electron chi connectivity index (χ2n) is 10.0. The molecule has 1 aliphatic rings. The molecule has 2 rings (SSSR count). The highest BCUT2D eigenvalue weighted by Gasteiger charge is 2.42. The van der Waals surface area contributed by atoms with Crippen LogP contribution >= 0.6 is 11.3 Å². The molecule has 0 saturated carbocycles. The quantitative estimate of drug-likeness (QED) is 0.425. The van der Waals surface area contributed by atoms with E-state index in [1.807, 2.05) is 39.2 Å². The van der Waals surface area contributed by atoms with Gasteiger partial charge in [-0.15, -0.1) is 11.3 Å². The molecule has 1 unspecified atom stereocenters. The van der Waals surface area contributed by atoms with Gasteiger partial charge >= 0.3 is 5.97 Å². The molecule has 0 fully saturated rings. The van der Waals surface area contributed by atoms with E-state index in [1.165, 1.54) is 0 Å². The molecule has 0 spiro atoms. The van der Waals surface area contributed by atoms with Crippen LogP contribution in [0.4, 0.5) is 0 Å². The van der Waals surface area contributed by atoms with Gasteiger partial charge in [0.05, 0.1) is 34.7 Å². The summed E-state index contributed by atoms with van der Waals surface area (Å²) >= 11 is 1.56. The maximum atomic E-state index is 13.1. The summed E-state index contributed by atoms with van der Waals surface area (Å²) < 4.78 is 5.79. The molecule has 2 heterocycles. The van der Waals surface area contributed by atoms with Crippen LogP contribution in [0.3, 0.4) is 0 Å². The maximum absolute atomic E-state index is 13.1. The minimum absolute atomic E-state index is 0.288. The number of Topliss-reactive ketones (excluding diaryl/α,β-unsaturated/α-hetero) is 1. The maximum Gasteiger partial charge on any atom is 0.309 e. The van der Waals surface area contributed by atoms with Gasteiger partial charge in [-0.3, -0.25) is 9.59 Å². The summed E-state index contributed by atoms with van der Waals surface area (Å²) in [5, 5.41) is 27.7. The summed E-state index contributed by atoms with van der Waals surface area (Å²) in [4.78, 5) is 30.4. The second-order valence-corrected chi connectivity index (χ2v) is 11.1. The number of cyclic esters (lactones) is 1. The van der Waals surface area contributed by atoms with Gasteiger partial charge in [0.1, 0.15) is 11.9 Å². The first-order valence-corrected chi connectivity index (χ1v) is 12.8. The molecule has 0 amide bonds. The van der Waals surface area contributed by atoms with Crippen molar-refractivity contribution in [2.75, 3.05) is 6.54 Å². The van der Waals surface area contributed by atoms with Crippen LogP contribution in [0.2, 0.25) is 0 Å². The second kappa shape index (κ2) is 12.2. The number of aliphatic hydroxyl groups excluding tert-OH is 2. The normalized spacial score (nSPS) is 32.1. The molecule has 1 aromatic rings. The number of ketones is 1. The Balaban J connectivity index is 2.33. The predicted octanol–water partition coefficient (Wildman–Crippen LogP) is 3.83. The molecule has 0 aliphatic carbocycles. The number of aromatic nitrogens is 1. The van der Waals surface area contributed by atoms with Gasteiger partial charge in [0.25, 0.3) is 0 Å². The van der Waals surface area contributed by atoms with E-state index in [0.717, 1.165) is 28.3 Å². The van der Waals surface area contributed by atoms with Crippen LogP contribution in [0.25, 0.3) is 6.08 Å². The Morgan fingerprint density at radius 2 is 1.94 bits per heavy atom. The van der Waals surface area contributed by atoms with E-state index >= 15 is 0 Å². The lowest BCUT2D eigenvalue weighted by atomic mass is 9.74. The Bertz CT molecular complexity index is 920. The van der Waals surface area contributed by atoms with Crippen molar-refractivity contribution >= 4 is 29.2 Å². The molecular formula is C26H40N2O5S. The van der Waals surface area contributed by atoms with E-state index < -0.39 is 35.6 Å². The third-order valence-electron chi connectivity index (χ3n) is 6.73. The van der Waals surface area contributed by atoms with Gasteiger partial charge in [-0.1, -0.05) is 32.4 Å². The van der Waals surface area contributed by atoms with Crippen LogP contribution in [-0.2, 0) is 14.3 Å². The fourth-order valence-corrected chi connectivity index (χ4v) is 4.66. The summed E-state index contributed by atoms with van der Waals surface area (Å²) in [6, 6.07) is -0.294. The third kappa shape index (κ3) is 7.57. The first kappa shape index (κ1) is 28.4. The lowest BCUT2D eigenvalue weighted by Gasteiger charge is -2.34. The minimum Gasteiger partial charge on any atom is -0.457 e. The first-order chi connectivity index (χ1) is 15.8. The van der Waals surface area contributed by atoms with E-state index in [2.05, 4.69) is 16.4 Å². The molecule has 7 nitrogen and oxygen atoms in total. The van der Waals surface area contributed by atoms with E-state index in [9.17, 15) is 19.8 Å². The van der Waals surface area contributed by atoms with E-state index in [4.69, 9.17) is 4.74 Å². The Morgan fingerprint density at radius 1 is 1.26 bits per heavy atom. The highest BCUT2D eigenvalue weighted by Crippen LogP contribution is 2.30. The van der Waals surface area contributed by atoms with Crippen molar-refractivity contribution in [1.82, 2.24) is 10.3 Å². The Morgan fingerprint density at radius 3 is 2.56 bits per heavy atom. The number of aryl methyl sites for hydroxylation is 1. The van der Waals surface area contributed by atoms with Gasteiger partial charge in [0.2, 0.25) is 0 Å². The number of nitrogens with zero attached hydrogens (tertiary/aromatic N) is 1. The molecule has 0 radical (unpaired) electrons. The fourth-order valence-electron chi connectivity index (χ4n) is 4.09. The number of carbonyl (C=O) groups is 2. The summed E-state index contributed by atoms with van der Waals surface area (Å²) in [5.41, 5.74) is 1.59. The zero-order valence-electron chi connectivity index (χ0n) is 21.4. The number of nitrogens with one attached hydrogen (secondary N) is 1. The molecule has 8 heteroatoms. The largest absolute Gasteiger partial charge is 0.457 e. The van der Waals surface area contributed by atoms with Crippen molar-refractivity contribution in [3.8, 4) is 0 Å². The molecule has 190 valence electrons. The molecule has 5 atom stereocenters. The Kier molecular flexibility index (Phi) is 10.2. The van der Waals surface area contributed by atoms with E-state index in [1.54, 1.807) is 32.1 Å². The highest BCUT2D eigenvalue weighted by molar-refractivity contribution is 7.09. The summed E-state index contributed by atoms with van der Waals surface area (Å²) in [6.45, 7) is 13.2. The lowest BCUT2D eigenvalue weighted by molar-refractivity contribution is -0.154. The molecule has 1 aliphatic heterocycles. The minimum atomic E-state index is -1.23. The van der Waals surface area contributed by atoms with Crippen LogP contribution in [0, 0.1) is 18.3 Å². The molecule has 3 N–H and O–H groups in total. The Hall–Kier alpha value is -1.87. The topological polar surface area (TPSA) is 109 Å². The zero-order chi connectivity index (χ0) is 25.6. The number of ether oxygens (including phenoxy) is 1. The average Bonchev–Trinajstić information content (AvgIpc) is 3.18. The summed E-state index contributed by atoms with van der Waals surface area (Å²) in [6.07, 6.45) is 2.28. The number of hydrogen-bond donors (Lipinski definition) is 3. The van der Waals surface area contributed by atoms with Gasteiger partial charge in [-0.25, -0.2) is 4.98 Å². The molecule has 0 bridgehead atoms. The van der Waals surface area contributed by atoms with Gasteiger partial charge in [0, 0.05) is 23.8 Å². The monoisotopic (exact) mass is 492 g/mol. The number of thiazole rings is 1. The van der Waals surface area contributed by atoms with E-state index in [-0.39, 0.29) is 18.2 Å². The van der Waals surface area contributed by atoms with Crippen LogP contribution < -0.4 is 5.32 Å². The number of carbonyl (C=O) groups excluding carboxylic acids is 2. The van der Waals surface area contributed by atoms with Crippen molar-refractivity contribution in [2.45, 2.75) is 92.1 Å². The lowest BCUT2D eigenvalue weighted by Crippen LogP contribution is -2.49. The standard InChI is InChI=1S/C26H40N2O5S/c1-15-8-9-21(16(2)12-20-14-34-19(5)28-20)33-23(30)13-22(29)26(6,7)25(32)17(3)24(31)18(4)27-11-10-15/h8,12,14,17-18,21-22,24,27,29,31H,9-11,13H2,1-7H3/b15-8-,16-12+/t17-,18+,21?,22+,24+/m1/s1. The van der Waals surface area contributed by atoms with Gasteiger partial charge in [0.15, 0.2) is 0 Å². The summed E-state index contributed by atoms with van der Waals surface area (Å²) in [7, 11) is 0. The van der Waals surface area contributed by atoms with Crippen LogP contribution in [0.1, 0.15) is 71.5 Å². The van der Waals surface area contributed by atoms with Gasteiger partial charge in [-0.2, -0.15) is 0 Å². The predicted molar refractivity (Wildman–Crippen MR) is 135 cm³/mol. The number of hydrogen-bond acceptors (Lipinski definition) is 8. The summed E-state index contributed by atoms with van der Waals surface area (Å²) in [5.74, 6) is -1.56. The first-order valence-electron chi connectivity index (χ1n) is 11.9. The molecular weight excluding hydrogens is 452 g/mol. The smallest absolute Gasteiger partial charge is 0.309 e. The average molecular weight is 493 g/mol.